The van der Waals surface area contributed by atoms with Gasteiger partial charge in [0.1, 0.15) is 5.82 Å². The normalized spacial score (nSPS) is 22.7. The third kappa shape index (κ3) is 3.02. The molecule has 1 aliphatic heterocycles. The van der Waals surface area contributed by atoms with E-state index in [-0.39, 0.29) is 0 Å². The second kappa shape index (κ2) is 6.09. The molecule has 2 fully saturated rings. The van der Waals surface area contributed by atoms with E-state index in [4.69, 9.17) is 9.72 Å². The first-order valence-corrected chi connectivity index (χ1v) is 8.78. The zero-order chi connectivity index (χ0) is 14.1. The molecule has 0 saturated heterocycles. The molecular weight excluding hydrogens is 262 g/mol. The summed E-state index contributed by atoms with van der Waals surface area (Å²) in [5.74, 6) is 2.91. The fraction of sp³-hybridized carbons (Fsp3) is 0.824. The lowest BCUT2D eigenvalue weighted by molar-refractivity contribution is 0.115. The van der Waals surface area contributed by atoms with Crippen LogP contribution in [-0.4, -0.2) is 29.3 Å². The lowest BCUT2D eigenvalue weighted by Gasteiger charge is -2.18. The molecule has 0 unspecified atom stereocenters. The highest BCUT2D eigenvalue weighted by Gasteiger charge is 2.27. The van der Waals surface area contributed by atoms with E-state index >= 15 is 0 Å². The molecule has 0 radical (unpaired) electrons. The first-order chi connectivity index (χ1) is 10.4. The number of ether oxygens (including phenoxy) is 1. The van der Waals surface area contributed by atoms with Crippen LogP contribution in [0.5, 0.6) is 0 Å². The van der Waals surface area contributed by atoms with Crippen LogP contribution in [0.1, 0.15) is 61.7 Å². The number of hydrogen-bond donors (Lipinski definition) is 1. The summed E-state index contributed by atoms with van der Waals surface area (Å²) in [5.41, 5.74) is 2.77. The third-order valence-electron chi connectivity index (χ3n) is 5.25. The zero-order valence-electron chi connectivity index (χ0n) is 12.9. The van der Waals surface area contributed by atoms with Crippen molar-refractivity contribution in [3.05, 3.63) is 17.2 Å². The molecule has 0 bridgehead atoms. The first kappa shape index (κ1) is 13.8. The quantitative estimate of drug-likeness (QED) is 0.818. The highest BCUT2D eigenvalue weighted by Crippen LogP contribution is 2.35. The molecule has 1 N–H and O–H groups in total. The van der Waals surface area contributed by atoms with Crippen molar-refractivity contribution in [2.45, 2.75) is 64.0 Å². The van der Waals surface area contributed by atoms with Crippen LogP contribution in [0.3, 0.4) is 0 Å². The topological polar surface area (TPSA) is 39.1 Å². The molecule has 116 valence electrons. The summed E-state index contributed by atoms with van der Waals surface area (Å²) in [5, 5.41) is 3.46. The summed E-state index contributed by atoms with van der Waals surface area (Å²) < 4.78 is 8.39. The van der Waals surface area contributed by atoms with Crippen LogP contribution in [0.15, 0.2) is 0 Å². The Morgan fingerprint density at radius 2 is 2.05 bits per heavy atom. The Kier molecular flexibility index (Phi) is 3.99. The molecule has 1 aromatic rings. The minimum Gasteiger partial charge on any atom is -0.379 e. The number of imidazole rings is 1. The number of rotatable bonds is 6. The summed E-state index contributed by atoms with van der Waals surface area (Å²) in [6, 6.07) is 0. The SMILES string of the molecule is C1CCC(c2nc3c(n2CCOCC2CC2)CCNC3)C1. The molecule has 2 aliphatic carbocycles. The van der Waals surface area contributed by atoms with E-state index in [1.54, 1.807) is 0 Å². The largest absolute Gasteiger partial charge is 0.379 e. The highest BCUT2D eigenvalue weighted by molar-refractivity contribution is 5.22. The van der Waals surface area contributed by atoms with E-state index in [0.717, 1.165) is 45.2 Å². The average molecular weight is 289 g/mol. The van der Waals surface area contributed by atoms with Gasteiger partial charge in [-0.1, -0.05) is 12.8 Å². The molecule has 1 aromatic heterocycles. The molecule has 4 rings (SSSR count). The number of aromatic nitrogens is 2. The Bertz CT molecular complexity index is 486. The Balaban J connectivity index is 1.48. The fourth-order valence-corrected chi connectivity index (χ4v) is 3.83. The number of fused-ring (bicyclic) bond motifs is 1. The van der Waals surface area contributed by atoms with Crippen LogP contribution < -0.4 is 5.32 Å². The summed E-state index contributed by atoms with van der Waals surface area (Å²) in [7, 11) is 0. The van der Waals surface area contributed by atoms with Gasteiger partial charge in [0.25, 0.3) is 0 Å². The molecular formula is C17H27N3O. The van der Waals surface area contributed by atoms with Crippen molar-refractivity contribution in [2.75, 3.05) is 19.8 Å². The van der Waals surface area contributed by atoms with Gasteiger partial charge in [0, 0.05) is 44.3 Å². The Labute approximate surface area is 127 Å². The van der Waals surface area contributed by atoms with Crippen LogP contribution in [0.4, 0.5) is 0 Å². The second-order valence-corrected chi connectivity index (χ2v) is 6.94. The van der Waals surface area contributed by atoms with E-state index in [2.05, 4.69) is 9.88 Å². The van der Waals surface area contributed by atoms with Gasteiger partial charge in [0.2, 0.25) is 0 Å². The predicted octanol–water partition coefficient (Wildman–Crippen LogP) is 2.61. The summed E-state index contributed by atoms with van der Waals surface area (Å²) in [6.07, 6.45) is 9.27. The van der Waals surface area contributed by atoms with Gasteiger partial charge >= 0.3 is 0 Å². The van der Waals surface area contributed by atoms with Crippen LogP contribution in [0.2, 0.25) is 0 Å². The molecule has 2 heterocycles. The maximum absolute atomic E-state index is 5.88. The zero-order valence-corrected chi connectivity index (χ0v) is 12.9. The van der Waals surface area contributed by atoms with Crippen LogP contribution in [0, 0.1) is 5.92 Å². The summed E-state index contributed by atoms with van der Waals surface area (Å²) in [6.45, 7) is 4.86. The Hall–Kier alpha value is -0.870. The van der Waals surface area contributed by atoms with E-state index in [0.29, 0.717) is 5.92 Å². The smallest absolute Gasteiger partial charge is 0.112 e. The molecule has 3 aliphatic rings. The minimum atomic E-state index is 0.694. The molecule has 0 amide bonds. The standard InChI is InChI=1S/C17H27N3O/c1-2-4-14(3-1)17-19-15-11-18-8-7-16(15)20(17)9-10-21-12-13-5-6-13/h13-14,18H,1-12H2. The van der Waals surface area contributed by atoms with Crippen molar-refractivity contribution < 1.29 is 4.74 Å². The maximum atomic E-state index is 5.88. The molecule has 0 atom stereocenters. The number of nitrogens with zero attached hydrogens (tertiary/aromatic N) is 2. The van der Waals surface area contributed by atoms with Gasteiger partial charge < -0.3 is 14.6 Å². The number of nitrogens with one attached hydrogen (secondary N) is 1. The van der Waals surface area contributed by atoms with Crippen LogP contribution in [0.25, 0.3) is 0 Å². The van der Waals surface area contributed by atoms with E-state index < -0.39 is 0 Å². The third-order valence-corrected chi connectivity index (χ3v) is 5.25. The lowest BCUT2D eigenvalue weighted by atomic mass is 10.1. The van der Waals surface area contributed by atoms with Crippen LogP contribution >= 0.6 is 0 Å². The van der Waals surface area contributed by atoms with Crippen molar-refractivity contribution in [1.82, 2.24) is 14.9 Å². The van der Waals surface area contributed by atoms with Gasteiger partial charge in [-0.3, -0.25) is 0 Å². The van der Waals surface area contributed by atoms with Crippen molar-refractivity contribution >= 4 is 0 Å². The average Bonchev–Trinajstić information content (AvgIpc) is 3.04. The molecule has 4 heteroatoms. The van der Waals surface area contributed by atoms with E-state index in [1.165, 1.54) is 55.7 Å². The van der Waals surface area contributed by atoms with Gasteiger partial charge in [0.15, 0.2) is 0 Å². The molecule has 21 heavy (non-hydrogen) atoms. The summed E-state index contributed by atoms with van der Waals surface area (Å²) >= 11 is 0. The van der Waals surface area contributed by atoms with Crippen molar-refractivity contribution in [3.63, 3.8) is 0 Å². The van der Waals surface area contributed by atoms with Crippen LogP contribution in [-0.2, 0) is 24.2 Å². The van der Waals surface area contributed by atoms with Gasteiger partial charge in [-0.25, -0.2) is 4.98 Å². The monoisotopic (exact) mass is 289 g/mol. The maximum Gasteiger partial charge on any atom is 0.112 e. The Morgan fingerprint density at radius 3 is 2.86 bits per heavy atom. The Morgan fingerprint density at radius 1 is 1.19 bits per heavy atom. The summed E-state index contributed by atoms with van der Waals surface area (Å²) in [4.78, 5) is 5.00. The fourth-order valence-electron chi connectivity index (χ4n) is 3.83. The number of hydrogen-bond acceptors (Lipinski definition) is 3. The minimum absolute atomic E-state index is 0.694. The predicted molar refractivity (Wildman–Crippen MR) is 82.4 cm³/mol. The molecule has 4 nitrogen and oxygen atoms in total. The van der Waals surface area contributed by atoms with Gasteiger partial charge in [0.05, 0.1) is 12.3 Å². The molecule has 2 saturated carbocycles. The van der Waals surface area contributed by atoms with Gasteiger partial charge in [-0.2, -0.15) is 0 Å². The van der Waals surface area contributed by atoms with E-state index in [1.807, 2.05) is 0 Å². The molecule has 0 spiro atoms. The lowest BCUT2D eigenvalue weighted by Crippen LogP contribution is -2.25. The van der Waals surface area contributed by atoms with Crippen molar-refractivity contribution in [3.8, 4) is 0 Å². The second-order valence-electron chi connectivity index (χ2n) is 6.94. The van der Waals surface area contributed by atoms with Crippen molar-refractivity contribution in [1.29, 1.82) is 0 Å². The van der Waals surface area contributed by atoms with Gasteiger partial charge in [-0.15, -0.1) is 0 Å². The van der Waals surface area contributed by atoms with E-state index in [9.17, 15) is 0 Å². The molecule has 0 aromatic carbocycles. The highest BCUT2D eigenvalue weighted by atomic mass is 16.5. The first-order valence-electron chi connectivity index (χ1n) is 8.78. The van der Waals surface area contributed by atoms with Crippen molar-refractivity contribution in [2.24, 2.45) is 5.92 Å². The van der Waals surface area contributed by atoms with Gasteiger partial charge in [-0.05, 0) is 31.6 Å².